The maximum absolute atomic E-state index is 13.3. The highest BCUT2D eigenvalue weighted by atomic mass is 31.0. The Bertz CT molecular complexity index is 1460. The molecule has 0 saturated carbocycles. The maximum Gasteiger partial charge on any atom is 0.305 e. The van der Waals surface area contributed by atoms with Crippen molar-refractivity contribution in [2.45, 2.75) is 36.9 Å². The van der Waals surface area contributed by atoms with Crippen LogP contribution in [0, 0.1) is 0 Å². The van der Waals surface area contributed by atoms with E-state index in [0.29, 0.717) is 31.2 Å². The Morgan fingerprint density at radius 3 is 2.29 bits per heavy atom. The standard InChI is InChI=1S/C25H29N4O12P/c26-23(21(34)27-22(35)24(36,37)25(23,38)39)29-9-12-11(20(29)33)2-1-3-15(12)41-10-14-17(31)16(30)13(18(32)19(14)42)8-28-4-6-40-7-5-28/h1-3,30-32,36-39H,4-10,26,42H2,(H,27,34,35). The molecule has 0 bridgehead atoms. The summed E-state index contributed by atoms with van der Waals surface area (Å²) >= 11 is 0. The number of phenols is 3. The molecule has 226 valence electrons. The number of piperidine rings is 1. The first kappa shape index (κ1) is 29.9. The number of nitrogens with two attached hydrogens (primary N) is 1. The summed E-state index contributed by atoms with van der Waals surface area (Å²) in [6.45, 7) is 1.24. The topological polar surface area (TPSA) is 256 Å². The number of hydrogen-bond acceptors (Lipinski definition) is 14. The van der Waals surface area contributed by atoms with Crippen LogP contribution in [0.1, 0.15) is 27.0 Å². The molecule has 16 nitrogen and oxygen atoms in total. The van der Waals surface area contributed by atoms with Crippen molar-refractivity contribution >= 4 is 32.3 Å². The Kier molecular flexibility index (Phi) is 7.32. The van der Waals surface area contributed by atoms with Crippen LogP contribution in [0.15, 0.2) is 18.2 Å². The summed E-state index contributed by atoms with van der Waals surface area (Å²) in [6, 6.07) is 4.14. The second-order valence-corrected chi connectivity index (χ2v) is 10.7. The van der Waals surface area contributed by atoms with Crippen LogP contribution >= 0.6 is 9.24 Å². The van der Waals surface area contributed by atoms with E-state index < -0.39 is 59.6 Å². The van der Waals surface area contributed by atoms with Crippen molar-refractivity contribution in [3.05, 3.63) is 40.5 Å². The number of phenolic OH excluding ortho intramolecular Hbond substituents is 3. The number of fused-ring (bicyclic) bond motifs is 1. The average molecular weight is 608 g/mol. The molecule has 2 unspecified atom stereocenters. The van der Waals surface area contributed by atoms with Crippen LogP contribution in [0.4, 0.5) is 0 Å². The van der Waals surface area contributed by atoms with Crippen molar-refractivity contribution in [3.8, 4) is 23.0 Å². The van der Waals surface area contributed by atoms with E-state index in [2.05, 4.69) is 9.24 Å². The van der Waals surface area contributed by atoms with Crippen molar-refractivity contribution in [2.24, 2.45) is 5.73 Å². The number of amides is 3. The number of rotatable bonds is 6. The summed E-state index contributed by atoms with van der Waals surface area (Å²) in [4.78, 5) is 40.2. The van der Waals surface area contributed by atoms with E-state index in [9.17, 15) is 50.1 Å². The number of aromatic hydroxyl groups is 3. The third kappa shape index (κ3) is 4.27. The molecule has 3 aliphatic rings. The first-order valence-corrected chi connectivity index (χ1v) is 13.2. The Morgan fingerprint density at radius 1 is 0.976 bits per heavy atom. The number of morpholine rings is 1. The van der Waals surface area contributed by atoms with Gasteiger partial charge in [0.05, 0.1) is 25.3 Å². The average Bonchev–Trinajstić information content (AvgIpc) is 3.30. The minimum Gasteiger partial charge on any atom is -0.507 e. The van der Waals surface area contributed by atoms with Gasteiger partial charge < -0.3 is 50.1 Å². The minimum absolute atomic E-state index is 0.00931. The lowest BCUT2D eigenvalue weighted by atomic mass is 9.84. The Labute approximate surface area is 239 Å². The van der Waals surface area contributed by atoms with E-state index in [4.69, 9.17) is 15.2 Å². The highest BCUT2D eigenvalue weighted by Crippen LogP contribution is 2.43. The van der Waals surface area contributed by atoms with E-state index in [1.54, 1.807) is 0 Å². The molecule has 3 heterocycles. The largest absolute Gasteiger partial charge is 0.507 e. The summed E-state index contributed by atoms with van der Waals surface area (Å²) < 4.78 is 11.1. The summed E-state index contributed by atoms with van der Waals surface area (Å²) in [7, 11) is 2.28. The number of aliphatic hydroxyl groups is 4. The number of ether oxygens (including phenoxy) is 2. The smallest absolute Gasteiger partial charge is 0.305 e. The number of hydrogen-bond donors (Lipinski definition) is 9. The molecule has 2 aromatic rings. The molecule has 0 radical (unpaired) electrons. The van der Waals surface area contributed by atoms with E-state index in [-0.39, 0.29) is 45.6 Å². The molecular weight excluding hydrogens is 579 g/mol. The monoisotopic (exact) mass is 608 g/mol. The third-order valence-electron chi connectivity index (χ3n) is 7.78. The number of carbonyl (C=O) groups is 3. The highest BCUT2D eigenvalue weighted by Gasteiger charge is 2.75. The minimum atomic E-state index is -4.03. The molecule has 0 aromatic heterocycles. The molecule has 2 aromatic carbocycles. The van der Waals surface area contributed by atoms with Crippen LogP contribution in [-0.2, 0) is 34.0 Å². The quantitative estimate of drug-likeness (QED) is 0.0504. The lowest BCUT2D eigenvalue weighted by molar-refractivity contribution is -0.374. The van der Waals surface area contributed by atoms with Gasteiger partial charge >= 0.3 is 5.79 Å². The van der Waals surface area contributed by atoms with Gasteiger partial charge in [-0.25, -0.2) is 0 Å². The SMILES string of the molecule is NC1(N2Cc3c(OCc4c(O)c(O)c(CN5CCOCC5)c(O)c4P)cccc3C2=O)C(=O)NC(=O)C(O)(O)C1(O)O. The molecular formula is C25H29N4O12P. The zero-order valence-corrected chi connectivity index (χ0v) is 23.1. The second-order valence-electron chi connectivity index (χ2n) is 10.2. The van der Waals surface area contributed by atoms with E-state index in [0.717, 1.165) is 0 Å². The van der Waals surface area contributed by atoms with Gasteiger partial charge in [0.25, 0.3) is 23.5 Å². The van der Waals surface area contributed by atoms with Gasteiger partial charge in [0, 0.05) is 41.6 Å². The molecule has 0 aliphatic carbocycles. The van der Waals surface area contributed by atoms with Crippen LogP contribution in [0.3, 0.4) is 0 Å². The van der Waals surface area contributed by atoms with Gasteiger partial charge in [-0.3, -0.25) is 30.3 Å². The van der Waals surface area contributed by atoms with E-state index in [1.165, 1.54) is 23.5 Å². The number of carbonyl (C=O) groups excluding carboxylic acids is 3. The van der Waals surface area contributed by atoms with Crippen LogP contribution in [0.25, 0.3) is 0 Å². The van der Waals surface area contributed by atoms with Gasteiger partial charge in [0.2, 0.25) is 5.66 Å². The number of benzene rings is 2. The predicted octanol–water partition coefficient (Wildman–Crippen LogP) is -3.66. The molecule has 42 heavy (non-hydrogen) atoms. The van der Waals surface area contributed by atoms with Gasteiger partial charge in [0.1, 0.15) is 18.1 Å². The van der Waals surface area contributed by atoms with Gasteiger partial charge in [-0.05, 0) is 12.1 Å². The van der Waals surface area contributed by atoms with Crippen molar-refractivity contribution in [1.82, 2.24) is 15.1 Å². The molecule has 0 spiro atoms. The Balaban J connectivity index is 1.42. The maximum atomic E-state index is 13.3. The summed E-state index contributed by atoms with van der Waals surface area (Å²) in [6.07, 6.45) is 0. The van der Waals surface area contributed by atoms with Crippen molar-refractivity contribution in [1.29, 1.82) is 0 Å². The molecule has 17 heteroatoms. The fraction of sp³-hybridized carbons (Fsp3) is 0.400. The summed E-state index contributed by atoms with van der Waals surface area (Å²) in [5, 5.41) is 75.1. The fourth-order valence-corrected chi connectivity index (χ4v) is 5.56. The van der Waals surface area contributed by atoms with E-state index >= 15 is 0 Å². The normalized spacial score (nSPS) is 23.6. The molecule has 2 saturated heterocycles. The molecule has 3 amide bonds. The summed E-state index contributed by atoms with van der Waals surface area (Å²) in [5.41, 5.74) is 2.82. The number of nitrogens with zero attached hydrogens (tertiary/aromatic N) is 2. The Morgan fingerprint density at radius 2 is 1.62 bits per heavy atom. The zero-order valence-electron chi connectivity index (χ0n) is 21.9. The zero-order chi connectivity index (χ0) is 30.8. The molecule has 2 fully saturated rings. The molecule has 10 N–H and O–H groups in total. The molecule has 3 aliphatic heterocycles. The van der Waals surface area contributed by atoms with Crippen molar-refractivity contribution in [3.63, 3.8) is 0 Å². The van der Waals surface area contributed by atoms with Crippen LogP contribution in [0.2, 0.25) is 0 Å². The van der Waals surface area contributed by atoms with Crippen LogP contribution in [-0.4, -0.2) is 107 Å². The van der Waals surface area contributed by atoms with Crippen LogP contribution in [0.5, 0.6) is 23.0 Å². The van der Waals surface area contributed by atoms with Gasteiger partial charge in [-0.15, -0.1) is 9.24 Å². The number of imide groups is 1. The van der Waals surface area contributed by atoms with Crippen molar-refractivity contribution < 1.29 is 59.6 Å². The Hall–Kier alpha value is -3.60. The van der Waals surface area contributed by atoms with Crippen molar-refractivity contribution in [2.75, 3.05) is 26.3 Å². The summed E-state index contributed by atoms with van der Waals surface area (Å²) in [5.74, 6) is -13.8. The fourth-order valence-electron chi connectivity index (χ4n) is 5.16. The van der Waals surface area contributed by atoms with Gasteiger partial charge in [-0.1, -0.05) is 6.07 Å². The predicted molar refractivity (Wildman–Crippen MR) is 142 cm³/mol. The highest BCUT2D eigenvalue weighted by molar-refractivity contribution is 7.28. The lowest BCUT2D eigenvalue weighted by Gasteiger charge is -2.51. The molecule has 2 atom stereocenters. The van der Waals surface area contributed by atoms with Gasteiger partial charge in [-0.2, -0.15) is 0 Å². The first-order chi connectivity index (χ1) is 19.6. The van der Waals surface area contributed by atoms with Crippen LogP contribution < -0.4 is 21.1 Å². The first-order valence-electron chi connectivity index (χ1n) is 12.6. The second kappa shape index (κ2) is 10.3. The number of nitrogens with one attached hydrogen (secondary N) is 1. The molecule has 5 rings (SSSR count). The van der Waals surface area contributed by atoms with E-state index in [1.807, 2.05) is 4.90 Å². The lowest BCUT2D eigenvalue weighted by Crippen LogP contribution is -2.88. The third-order valence-corrected chi connectivity index (χ3v) is 8.40. The van der Waals surface area contributed by atoms with Gasteiger partial charge in [0.15, 0.2) is 11.5 Å².